The molecule has 8 nitrogen and oxygen atoms in total. The molecule has 3 heterocycles. The van der Waals surface area contributed by atoms with Gasteiger partial charge in [0.1, 0.15) is 5.82 Å². The Morgan fingerprint density at radius 1 is 1.28 bits per heavy atom. The first-order valence-electron chi connectivity index (χ1n) is 9.38. The highest BCUT2D eigenvalue weighted by Gasteiger charge is 2.56. The van der Waals surface area contributed by atoms with Gasteiger partial charge in [0.25, 0.3) is 0 Å². The number of hydrogen-bond acceptors (Lipinski definition) is 6. The van der Waals surface area contributed by atoms with Crippen molar-refractivity contribution in [2.45, 2.75) is 58.3 Å². The fourth-order valence-corrected chi connectivity index (χ4v) is 4.21. The summed E-state index contributed by atoms with van der Waals surface area (Å²) in [6, 6.07) is 0.609. The lowest BCUT2D eigenvalue weighted by Gasteiger charge is -2.29. The number of rotatable bonds is 7. The molecule has 1 saturated heterocycles. The molecule has 1 spiro atoms. The summed E-state index contributed by atoms with van der Waals surface area (Å²) in [6.07, 6.45) is 8.76. The minimum absolute atomic E-state index is 0.486. The predicted octanol–water partition coefficient (Wildman–Crippen LogP) is 0.961. The number of piperidine rings is 1. The molecule has 1 aliphatic carbocycles. The molecule has 1 saturated carbocycles. The fraction of sp³-hybridized carbons (Fsp3) is 0.765. The van der Waals surface area contributed by atoms with E-state index in [4.69, 9.17) is 0 Å². The third kappa shape index (κ3) is 3.32. The maximum atomic E-state index is 4.54. The molecule has 1 aliphatic heterocycles. The van der Waals surface area contributed by atoms with Crippen LogP contribution in [0.1, 0.15) is 44.3 Å². The van der Waals surface area contributed by atoms with Crippen LogP contribution in [0, 0.1) is 5.41 Å². The smallest absolute Gasteiger partial charge is 0.165 e. The highest BCUT2D eigenvalue weighted by molar-refractivity contribution is 5.11. The van der Waals surface area contributed by atoms with E-state index in [-0.39, 0.29) is 0 Å². The van der Waals surface area contributed by atoms with Crippen LogP contribution in [0.25, 0.3) is 0 Å². The van der Waals surface area contributed by atoms with E-state index in [2.05, 4.69) is 49.3 Å². The van der Waals surface area contributed by atoms with Gasteiger partial charge < -0.3 is 9.88 Å². The Morgan fingerprint density at radius 3 is 2.80 bits per heavy atom. The van der Waals surface area contributed by atoms with Crippen molar-refractivity contribution in [2.24, 2.45) is 12.5 Å². The minimum Gasteiger partial charge on any atom is -0.337 e. The molecule has 1 atom stereocenters. The second kappa shape index (κ2) is 6.84. The van der Waals surface area contributed by atoms with E-state index in [1.165, 1.54) is 19.3 Å². The second-order valence-electron chi connectivity index (χ2n) is 7.51. The molecule has 1 N–H and O–H groups in total. The molecule has 8 heteroatoms. The molecule has 0 amide bonds. The quantitative estimate of drug-likeness (QED) is 0.806. The van der Waals surface area contributed by atoms with E-state index in [0.29, 0.717) is 11.5 Å². The first kappa shape index (κ1) is 16.7. The van der Waals surface area contributed by atoms with Crippen LogP contribution in [0.15, 0.2) is 12.4 Å². The highest BCUT2D eigenvalue weighted by Crippen LogP contribution is 2.56. The molecule has 136 valence electrons. The summed E-state index contributed by atoms with van der Waals surface area (Å²) in [4.78, 5) is 7.08. The van der Waals surface area contributed by atoms with Crippen molar-refractivity contribution in [1.29, 1.82) is 0 Å². The predicted molar refractivity (Wildman–Crippen MR) is 93.5 cm³/mol. The summed E-state index contributed by atoms with van der Waals surface area (Å²) in [7, 11) is 2.06. The van der Waals surface area contributed by atoms with E-state index in [1.807, 2.05) is 17.1 Å². The molecule has 0 unspecified atom stereocenters. The Bertz CT molecular complexity index is 699. The maximum Gasteiger partial charge on any atom is 0.165 e. The normalized spacial score (nSPS) is 22.0. The number of aryl methyl sites for hydroxylation is 2. The molecule has 2 aromatic rings. The first-order valence-corrected chi connectivity index (χ1v) is 9.38. The molecule has 2 aliphatic rings. The van der Waals surface area contributed by atoms with Crippen molar-refractivity contribution < 1.29 is 0 Å². The molecule has 0 aromatic carbocycles. The topological polar surface area (TPSA) is 76.7 Å². The average molecular weight is 344 g/mol. The molecule has 0 bridgehead atoms. The summed E-state index contributed by atoms with van der Waals surface area (Å²) >= 11 is 0. The van der Waals surface area contributed by atoms with E-state index in [1.54, 1.807) is 0 Å². The minimum atomic E-state index is 0.486. The third-order valence-electron chi connectivity index (χ3n) is 5.84. The second-order valence-corrected chi connectivity index (χ2v) is 7.51. The van der Waals surface area contributed by atoms with E-state index in [9.17, 15) is 0 Å². The van der Waals surface area contributed by atoms with Crippen LogP contribution in [-0.4, -0.2) is 53.8 Å². The number of tetrazole rings is 1. The van der Waals surface area contributed by atoms with Crippen LogP contribution < -0.4 is 5.32 Å². The van der Waals surface area contributed by atoms with Crippen molar-refractivity contribution >= 4 is 0 Å². The van der Waals surface area contributed by atoms with Crippen molar-refractivity contribution in [2.75, 3.05) is 13.1 Å². The average Bonchev–Trinajstić information content (AvgIpc) is 2.93. The van der Waals surface area contributed by atoms with Crippen molar-refractivity contribution in [3.63, 3.8) is 0 Å². The fourth-order valence-electron chi connectivity index (χ4n) is 4.21. The standard InChI is InChI=1S/C17H28N8/c1-3-9-25-16(20-21-22-25)13-24(12-15-19-8-10-23(15)2)14-11-17(14)4-6-18-7-5-17/h8,10,14,18H,3-7,9,11-13H2,1-2H3/t14-/m1/s1. The SMILES string of the molecule is CCCn1nnnc1CN(Cc1nccn1C)[C@@H]1CC12CCNCC2. The number of imidazole rings is 1. The first-order chi connectivity index (χ1) is 12.2. The lowest BCUT2D eigenvalue weighted by atomic mass is 9.93. The summed E-state index contributed by atoms with van der Waals surface area (Å²) in [5.74, 6) is 2.07. The van der Waals surface area contributed by atoms with Gasteiger partial charge in [-0.15, -0.1) is 5.10 Å². The van der Waals surface area contributed by atoms with Gasteiger partial charge in [-0.1, -0.05) is 6.92 Å². The zero-order valence-electron chi connectivity index (χ0n) is 15.2. The molecule has 25 heavy (non-hydrogen) atoms. The highest BCUT2D eigenvalue weighted by atomic mass is 15.5. The van der Waals surface area contributed by atoms with Gasteiger partial charge in [0.05, 0.1) is 13.1 Å². The number of aromatic nitrogens is 6. The Hall–Kier alpha value is -1.80. The van der Waals surface area contributed by atoms with Crippen molar-refractivity contribution in [3.8, 4) is 0 Å². The zero-order valence-corrected chi connectivity index (χ0v) is 15.2. The van der Waals surface area contributed by atoms with Crippen LogP contribution in [0.5, 0.6) is 0 Å². The summed E-state index contributed by atoms with van der Waals surface area (Å²) < 4.78 is 4.06. The Morgan fingerprint density at radius 2 is 2.08 bits per heavy atom. The largest absolute Gasteiger partial charge is 0.337 e. The number of hydrogen-bond donors (Lipinski definition) is 1. The Kier molecular flexibility index (Phi) is 4.56. The van der Waals surface area contributed by atoms with Gasteiger partial charge in [0.2, 0.25) is 0 Å². The molecule has 0 radical (unpaired) electrons. The van der Waals surface area contributed by atoms with Crippen LogP contribution in [0.2, 0.25) is 0 Å². The van der Waals surface area contributed by atoms with E-state index in [0.717, 1.165) is 50.8 Å². The van der Waals surface area contributed by atoms with Gasteiger partial charge in [0.15, 0.2) is 5.82 Å². The van der Waals surface area contributed by atoms with Crippen molar-refractivity contribution in [3.05, 3.63) is 24.0 Å². The van der Waals surface area contributed by atoms with Gasteiger partial charge in [-0.3, -0.25) is 4.90 Å². The third-order valence-corrected chi connectivity index (χ3v) is 5.84. The van der Waals surface area contributed by atoms with Gasteiger partial charge >= 0.3 is 0 Å². The molecular weight excluding hydrogens is 316 g/mol. The number of nitrogens with zero attached hydrogens (tertiary/aromatic N) is 7. The maximum absolute atomic E-state index is 4.54. The summed E-state index contributed by atoms with van der Waals surface area (Å²) in [5.41, 5.74) is 0.486. The monoisotopic (exact) mass is 344 g/mol. The molecule has 2 fully saturated rings. The zero-order chi connectivity index (χ0) is 17.3. The van der Waals surface area contributed by atoms with Crippen LogP contribution in [-0.2, 0) is 26.7 Å². The summed E-state index contributed by atoms with van der Waals surface area (Å²) in [6.45, 7) is 6.95. The van der Waals surface area contributed by atoms with Crippen LogP contribution in [0.4, 0.5) is 0 Å². The van der Waals surface area contributed by atoms with Gasteiger partial charge in [-0.25, -0.2) is 9.67 Å². The van der Waals surface area contributed by atoms with Crippen molar-refractivity contribution in [1.82, 2.24) is 40.0 Å². The number of nitrogens with one attached hydrogen (secondary N) is 1. The van der Waals surface area contributed by atoms with Crippen LogP contribution >= 0.6 is 0 Å². The van der Waals surface area contributed by atoms with Gasteiger partial charge in [0, 0.05) is 32.0 Å². The van der Waals surface area contributed by atoms with Crippen LogP contribution in [0.3, 0.4) is 0 Å². The van der Waals surface area contributed by atoms with Gasteiger partial charge in [-0.2, -0.15) is 0 Å². The summed E-state index contributed by atoms with van der Waals surface area (Å²) in [5, 5.41) is 15.8. The Balaban J connectivity index is 1.53. The van der Waals surface area contributed by atoms with E-state index < -0.39 is 0 Å². The molecule has 4 rings (SSSR count). The molecule has 2 aromatic heterocycles. The lowest BCUT2D eigenvalue weighted by Crippen LogP contribution is -2.36. The Labute approximate surface area is 148 Å². The van der Waals surface area contributed by atoms with E-state index >= 15 is 0 Å². The van der Waals surface area contributed by atoms with Gasteiger partial charge in [-0.05, 0) is 54.6 Å². The lowest BCUT2D eigenvalue weighted by molar-refractivity contribution is 0.176. The molecular formula is C17H28N8.